The third-order valence-corrected chi connectivity index (χ3v) is 2.27. The summed E-state index contributed by atoms with van der Waals surface area (Å²) >= 11 is 0. The molecule has 4 N–H and O–H groups in total. The zero-order valence-electron chi connectivity index (χ0n) is 9.83. The van der Waals surface area contributed by atoms with Crippen LogP contribution in [-0.2, 0) is 4.79 Å². The maximum atomic E-state index is 11.4. The van der Waals surface area contributed by atoms with Gasteiger partial charge in [-0.3, -0.25) is 4.79 Å². The largest absolute Gasteiger partial charge is 0.396 e. The van der Waals surface area contributed by atoms with E-state index in [0.29, 0.717) is 31.8 Å². The van der Waals surface area contributed by atoms with E-state index in [4.69, 9.17) is 10.8 Å². The van der Waals surface area contributed by atoms with Crippen molar-refractivity contribution in [2.24, 2.45) is 17.6 Å². The Bertz CT molecular complexity index is 172. The van der Waals surface area contributed by atoms with E-state index in [-0.39, 0.29) is 18.4 Å². The summed E-state index contributed by atoms with van der Waals surface area (Å²) in [5, 5.41) is 11.3. The van der Waals surface area contributed by atoms with Crippen LogP contribution in [0, 0.1) is 11.8 Å². The van der Waals surface area contributed by atoms with Crippen LogP contribution in [0.2, 0.25) is 0 Å². The molecule has 0 aliphatic rings. The molecule has 90 valence electrons. The fourth-order valence-corrected chi connectivity index (χ4v) is 1.57. The normalized spacial score (nSPS) is 12.9. The molecule has 0 rings (SSSR count). The molecule has 4 nitrogen and oxygen atoms in total. The van der Waals surface area contributed by atoms with Crippen molar-refractivity contribution < 1.29 is 9.90 Å². The van der Waals surface area contributed by atoms with Gasteiger partial charge in [0.25, 0.3) is 0 Å². The molecule has 0 spiro atoms. The molecule has 0 aromatic rings. The predicted octanol–water partition coefficient (Wildman–Crippen LogP) is 0.496. The van der Waals surface area contributed by atoms with Crippen molar-refractivity contribution in [2.75, 3.05) is 19.7 Å². The Morgan fingerprint density at radius 2 is 2.13 bits per heavy atom. The Morgan fingerprint density at radius 1 is 1.47 bits per heavy atom. The minimum Gasteiger partial charge on any atom is -0.396 e. The smallest absolute Gasteiger partial charge is 0.220 e. The summed E-state index contributed by atoms with van der Waals surface area (Å²) in [7, 11) is 0. The average Bonchev–Trinajstić information content (AvgIpc) is 2.16. The number of carbonyl (C=O) groups is 1. The molecular formula is C11H24N2O2. The number of aliphatic hydroxyl groups excluding tert-OH is 1. The lowest BCUT2D eigenvalue weighted by atomic mass is 9.94. The number of rotatable bonds is 8. The van der Waals surface area contributed by atoms with Gasteiger partial charge in [-0.1, -0.05) is 13.8 Å². The second kappa shape index (κ2) is 8.68. The first-order chi connectivity index (χ1) is 7.10. The highest BCUT2D eigenvalue weighted by molar-refractivity contribution is 5.76. The minimum atomic E-state index is 0.0413. The van der Waals surface area contributed by atoms with Crippen LogP contribution in [0.1, 0.15) is 33.1 Å². The van der Waals surface area contributed by atoms with E-state index >= 15 is 0 Å². The summed E-state index contributed by atoms with van der Waals surface area (Å²) < 4.78 is 0. The molecule has 0 saturated heterocycles. The van der Waals surface area contributed by atoms with Gasteiger partial charge in [0.15, 0.2) is 0 Å². The zero-order valence-corrected chi connectivity index (χ0v) is 9.83. The van der Waals surface area contributed by atoms with Crippen LogP contribution in [0.5, 0.6) is 0 Å². The number of nitrogens with one attached hydrogen (secondary N) is 1. The summed E-state index contributed by atoms with van der Waals surface area (Å²) in [5.74, 6) is 0.891. The van der Waals surface area contributed by atoms with Gasteiger partial charge in [0.1, 0.15) is 0 Å². The maximum absolute atomic E-state index is 11.4. The lowest BCUT2D eigenvalue weighted by Gasteiger charge is -2.16. The van der Waals surface area contributed by atoms with Gasteiger partial charge in [-0.25, -0.2) is 0 Å². The van der Waals surface area contributed by atoms with E-state index in [0.717, 1.165) is 6.42 Å². The molecule has 1 unspecified atom stereocenters. The average molecular weight is 216 g/mol. The van der Waals surface area contributed by atoms with Crippen molar-refractivity contribution in [3.05, 3.63) is 0 Å². The molecule has 4 heteroatoms. The van der Waals surface area contributed by atoms with E-state index < -0.39 is 0 Å². The van der Waals surface area contributed by atoms with Crippen molar-refractivity contribution in [3.8, 4) is 0 Å². The highest BCUT2D eigenvalue weighted by Gasteiger charge is 2.13. The third-order valence-electron chi connectivity index (χ3n) is 2.27. The Hall–Kier alpha value is -0.610. The van der Waals surface area contributed by atoms with Crippen molar-refractivity contribution in [1.29, 1.82) is 0 Å². The summed E-state index contributed by atoms with van der Waals surface area (Å²) in [6, 6.07) is 0. The Balaban J connectivity index is 3.70. The molecule has 1 amide bonds. The molecule has 0 radical (unpaired) electrons. The Morgan fingerprint density at radius 3 is 2.60 bits per heavy atom. The molecule has 1 atom stereocenters. The number of amides is 1. The van der Waals surface area contributed by atoms with Crippen LogP contribution < -0.4 is 11.1 Å². The minimum absolute atomic E-state index is 0.0413. The topological polar surface area (TPSA) is 75.4 Å². The molecule has 0 heterocycles. The van der Waals surface area contributed by atoms with E-state index in [9.17, 15) is 4.79 Å². The van der Waals surface area contributed by atoms with E-state index in [1.54, 1.807) is 0 Å². The van der Waals surface area contributed by atoms with Crippen molar-refractivity contribution in [3.63, 3.8) is 0 Å². The lowest BCUT2D eigenvalue weighted by Crippen LogP contribution is -2.29. The van der Waals surface area contributed by atoms with Gasteiger partial charge in [0, 0.05) is 19.6 Å². The zero-order chi connectivity index (χ0) is 11.7. The summed E-state index contributed by atoms with van der Waals surface area (Å²) in [4.78, 5) is 11.4. The second-order valence-electron chi connectivity index (χ2n) is 4.36. The molecule has 0 aliphatic heterocycles. The second-order valence-corrected chi connectivity index (χ2v) is 4.36. The number of carbonyl (C=O) groups excluding carboxylic acids is 1. The quantitative estimate of drug-likeness (QED) is 0.517. The molecule has 15 heavy (non-hydrogen) atoms. The van der Waals surface area contributed by atoms with Crippen molar-refractivity contribution in [1.82, 2.24) is 5.32 Å². The van der Waals surface area contributed by atoms with Crippen LogP contribution in [0.3, 0.4) is 0 Å². The van der Waals surface area contributed by atoms with Gasteiger partial charge in [0.2, 0.25) is 5.91 Å². The van der Waals surface area contributed by atoms with Crippen LogP contribution in [0.25, 0.3) is 0 Å². The maximum Gasteiger partial charge on any atom is 0.220 e. The highest BCUT2D eigenvalue weighted by Crippen LogP contribution is 2.13. The Kier molecular flexibility index (Phi) is 8.33. The van der Waals surface area contributed by atoms with E-state index in [2.05, 4.69) is 19.2 Å². The van der Waals surface area contributed by atoms with E-state index in [1.807, 2.05) is 0 Å². The summed E-state index contributed by atoms with van der Waals surface area (Å²) in [6.07, 6.45) is 2.10. The first-order valence-electron chi connectivity index (χ1n) is 5.67. The first kappa shape index (κ1) is 14.4. The number of aliphatic hydroxyl groups is 1. The van der Waals surface area contributed by atoms with Crippen LogP contribution in [0.15, 0.2) is 0 Å². The standard InChI is InChI=1S/C11H24N2O2/c1-9(2)6-10(8-12)7-11(15)13-4-3-5-14/h9-10,14H,3-8,12H2,1-2H3,(H,13,15). The molecule has 0 fully saturated rings. The molecule has 0 aromatic heterocycles. The fourth-order valence-electron chi connectivity index (χ4n) is 1.57. The third kappa shape index (κ3) is 8.39. The van der Waals surface area contributed by atoms with Crippen molar-refractivity contribution >= 4 is 5.91 Å². The highest BCUT2D eigenvalue weighted by atomic mass is 16.3. The van der Waals surface area contributed by atoms with E-state index in [1.165, 1.54) is 0 Å². The van der Waals surface area contributed by atoms with Crippen molar-refractivity contribution in [2.45, 2.75) is 33.1 Å². The van der Waals surface area contributed by atoms with Gasteiger partial charge < -0.3 is 16.2 Å². The molecule has 0 aromatic carbocycles. The first-order valence-corrected chi connectivity index (χ1v) is 5.67. The number of hydrogen-bond acceptors (Lipinski definition) is 3. The Labute approximate surface area is 92.2 Å². The molecular weight excluding hydrogens is 192 g/mol. The molecule has 0 aliphatic carbocycles. The van der Waals surface area contributed by atoms with Gasteiger partial charge in [-0.15, -0.1) is 0 Å². The van der Waals surface area contributed by atoms with Gasteiger partial charge in [-0.05, 0) is 31.2 Å². The summed E-state index contributed by atoms with van der Waals surface area (Å²) in [6.45, 7) is 5.49. The predicted molar refractivity (Wildman–Crippen MR) is 61.3 cm³/mol. The summed E-state index contributed by atoms with van der Waals surface area (Å²) in [5.41, 5.74) is 5.60. The molecule has 0 bridgehead atoms. The molecule has 0 saturated carbocycles. The number of nitrogens with two attached hydrogens (primary N) is 1. The van der Waals surface area contributed by atoms with Crippen LogP contribution in [0.4, 0.5) is 0 Å². The van der Waals surface area contributed by atoms with Crippen LogP contribution in [-0.4, -0.2) is 30.7 Å². The monoisotopic (exact) mass is 216 g/mol. The van der Waals surface area contributed by atoms with Gasteiger partial charge in [0.05, 0.1) is 0 Å². The number of hydrogen-bond donors (Lipinski definition) is 3. The van der Waals surface area contributed by atoms with Gasteiger partial charge >= 0.3 is 0 Å². The SMILES string of the molecule is CC(C)CC(CN)CC(=O)NCCCO. The van der Waals surface area contributed by atoms with Crippen LogP contribution >= 0.6 is 0 Å². The fraction of sp³-hybridized carbons (Fsp3) is 0.909. The lowest BCUT2D eigenvalue weighted by molar-refractivity contribution is -0.122. The van der Waals surface area contributed by atoms with Gasteiger partial charge in [-0.2, -0.15) is 0 Å².